The maximum Gasteiger partial charge on any atom is 0.248 e. The number of amides is 2. The van der Waals surface area contributed by atoms with Gasteiger partial charge in [-0.25, -0.2) is 5.43 Å². The monoisotopic (exact) mass is 259 g/mol. The molecular formula is C14H17N3O2. The lowest BCUT2D eigenvalue weighted by Gasteiger charge is -2.27. The second-order valence-corrected chi connectivity index (χ2v) is 4.75. The third-order valence-corrected chi connectivity index (χ3v) is 3.19. The quantitative estimate of drug-likeness (QED) is 0.751. The van der Waals surface area contributed by atoms with Gasteiger partial charge in [0.05, 0.1) is 0 Å². The number of hydrazine groups is 1. The van der Waals surface area contributed by atoms with Crippen LogP contribution in [-0.4, -0.2) is 17.9 Å². The highest BCUT2D eigenvalue weighted by atomic mass is 16.2. The van der Waals surface area contributed by atoms with E-state index in [4.69, 9.17) is 5.73 Å². The normalized spacial score (nSPS) is 23.3. The Kier molecular flexibility index (Phi) is 3.97. The van der Waals surface area contributed by atoms with Gasteiger partial charge in [-0.3, -0.25) is 15.0 Å². The van der Waals surface area contributed by atoms with Crippen LogP contribution in [0, 0.1) is 5.92 Å². The summed E-state index contributed by atoms with van der Waals surface area (Å²) in [5.41, 5.74) is 12.2. The molecule has 1 fully saturated rings. The van der Waals surface area contributed by atoms with Crippen LogP contribution in [0.4, 0.5) is 0 Å². The van der Waals surface area contributed by atoms with Crippen molar-refractivity contribution in [1.82, 2.24) is 10.9 Å². The van der Waals surface area contributed by atoms with Gasteiger partial charge in [0.25, 0.3) is 0 Å². The summed E-state index contributed by atoms with van der Waals surface area (Å²) in [7, 11) is 0. The van der Waals surface area contributed by atoms with Gasteiger partial charge >= 0.3 is 0 Å². The number of carbonyl (C=O) groups is 2. The minimum atomic E-state index is -0.430. The van der Waals surface area contributed by atoms with Gasteiger partial charge in [0.1, 0.15) is 0 Å². The fourth-order valence-electron chi connectivity index (χ4n) is 1.99. The SMILES string of the molecule is CC1CC(=O)NNC1/C=C/c1ccc(C(N)=O)cc1. The zero-order valence-corrected chi connectivity index (χ0v) is 10.7. The molecule has 5 nitrogen and oxygen atoms in total. The molecule has 0 bridgehead atoms. The van der Waals surface area contributed by atoms with Gasteiger partial charge in [-0.05, 0) is 23.6 Å². The summed E-state index contributed by atoms with van der Waals surface area (Å²) in [5.74, 6) is -0.168. The molecule has 1 heterocycles. The van der Waals surface area contributed by atoms with Crippen LogP contribution >= 0.6 is 0 Å². The van der Waals surface area contributed by atoms with Crippen LogP contribution in [-0.2, 0) is 4.79 Å². The van der Waals surface area contributed by atoms with E-state index in [0.717, 1.165) is 5.56 Å². The summed E-state index contributed by atoms with van der Waals surface area (Å²) in [6, 6.07) is 7.17. The van der Waals surface area contributed by atoms with E-state index in [2.05, 4.69) is 10.9 Å². The minimum Gasteiger partial charge on any atom is -0.366 e. The lowest BCUT2D eigenvalue weighted by molar-refractivity contribution is -0.125. The van der Waals surface area contributed by atoms with Crippen LogP contribution in [0.25, 0.3) is 6.08 Å². The Morgan fingerprint density at radius 3 is 2.63 bits per heavy atom. The zero-order valence-electron chi connectivity index (χ0n) is 10.7. The fourth-order valence-corrected chi connectivity index (χ4v) is 1.99. The van der Waals surface area contributed by atoms with Gasteiger partial charge in [-0.15, -0.1) is 0 Å². The molecule has 19 heavy (non-hydrogen) atoms. The van der Waals surface area contributed by atoms with E-state index in [0.29, 0.717) is 12.0 Å². The number of primary amides is 1. The summed E-state index contributed by atoms with van der Waals surface area (Å²) < 4.78 is 0. The molecule has 0 aromatic heterocycles. The van der Waals surface area contributed by atoms with Crippen molar-refractivity contribution in [1.29, 1.82) is 0 Å². The molecule has 1 aromatic rings. The molecule has 100 valence electrons. The average molecular weight is 259 g/mol. The maximum atomic E-state index is 11.2. The third-order valence-electron chi connectivity index (χ3n) is 3.19. The number of nitrogens with two attached hydrogens (primary N) is 1. The van der Waals surface area contributed by atoms with Crippen molar-refractivity contribution in [3.63, 3.8) is 0 Å². The molecule has 2 atom stereocenters. The lowest BCUT2D eigenvalue weighted by atomic mass is 9.96. The van der Waals surface area contributed by atoms with Crippen LogP contribution in [0.5, 0.6) is 0 Å². The van der Waals surface area contributed by atoms with Crippen LogP contribution in [0.2, 0.25) is 0 Å². The van der Waals surface area contributed by atoms with Crippen molar-refractivity contribution in [3.8, 4) is 0 Å². The average Bonchev–Trinajstić information content (AvgIpc) is 2.38. The third kappa shape index (κ3) is 3.42. The molecule has 4 N–H and O–H groups in total. The highest BCUT2D eigenvalue weighted by molar-refractivity contribution is 5.92. The van der Waals surface area contributed by atoms with Crippen LogP contribution in [0.1, 0.15) is 29.3 Å². The predicted molar refractivity (Wildman–Crippen MR) is 72.8 cm³/mol. The van der Waals surface area contributed by atoms with Crippen molar-refractivity contribution in [2.75, 3.05) is 0 Å². The van der Waals surface area contributed by atoms with Crippen molar-refractivity contribution in [3.05, 3.63) is 41.5 Å². The largest absolute Gasteiger partial charge is 0.366 e. The van der Waals surface area contributed by atoms with E-state index in [-0.39, 0.29) is 17.9 Å². The van der Waals surface area contributed by atoms with E-state index in [1.165, 1.54) is 0 Å². The molecule has 0 saturated carbocycles. The molecule has 5 heteroatoms. The number of nitrogens with one attached hydrogen (secondary N) is 2. The van der Waals surface area contributed by atoms with Gasteiger partial charge in [0.15, 0.2) is 0 Å². The Balaban J connectivity index is 2.02. The molecule has 1 aromatic carbocycles. The van der Waals surface area contributed by atoms with Crippen LogP contribution < -0.4 is 16.6 Å². The molecule has 1 aliphatic heterocycles. The van der Waals surface area contributed by atoms with E-state index in [1.807, 2.05) is 31.2 Å². The number of hydrogen-bond donors (Lipinski definition) is 3. The van der Waals surface area contributed by atoms with Crippen molar-refractivity contribution in [2.24, 2.45) is 11.7 Å². The number of benzene rings is 1. The van der Waals surface area contributed by atoms with Gasteiger partial charge in [-0.1, -0.05) is 31.2 Å². The van der Waals surface area contributed by atoms with E-state index in [1.54, 1.807) is 12.1 Å². The van der Waals surface area contributed by atoms with Crippen LogP contribution in [0.15, 0.2) is 30.3 Å². The number of hydrogen-bond acceptors (Lipinski definition) is 3. The maximum absolute atomic E-state index is 11.2. The summed E-state index contributed by atoms with van der Waals surface area (Å²) in [5, 5.41) is 0. The zero-order chi connectivity index (χ0) is 13.8. The Bertz CT molecular complexity index is 508. The molecule has 2 unspecified atom stereocenters. The molecule has 2 rings (SSSR count). The van der Waals surface area contributed by atoms with E-state index < -0.39 is 5.91 Å². The topological polar surface area (TPSA) is 84.2 Å². The molecule has 0 aliphatic carbocycles. The smallest absolute Gasteiger partial charge is 0.248 e. The number of rotatable bonds is 3. The summed E-state index contributed by atoms with van der Waals surface area (Å²) >= 11 is 0. The van der Waals surface area contributed by atoms with E-state index in [9.17, 15) is 9.59 Å². The first-order chi connectivity index (χ1) is 9.06. The standard InChI is InChI=1S/C14H17N3O2/c1-9-8-13(18)17-16-12(9)7-4-10-2-5-11(6-3-10)14(15)19/h2-7,9,12,16H,8H2,1H3,(H2,15,19)(H,17,18)/b7-4+. The van der Waals surface area contributed by atoms with Crippen molar-refractivity contribution < 1.29 is 9.59 Å². The Morgan fingerprint density at radius 2 is 2.05 bits per heavy atom. The summed E-state index contributed by atoms with van der Waals surface area (Å²) in [4.78, 5) is 22.1. The molecule has 1 aliphatic rings. The predicted octanol–water partition coefficient (Wildman–Crippen LogP) is 0.828. The number of carbonyl (C=O) groups excluding carboxylic acids is 2. The molecular weight excluding hydrogens is 242 g/mol. The molecule has 1 saturated heterocycles. The molecule has 2 amide bonds. The van der Waals surface area contributed by atoms with Crippen molar-refractivity contribution in [2.45, 2.75) is 19.4 Å². The Hall–Kier alpha value is -2.14. The van der Waals surface area contributed by atoms with Gasteiger partial charge < -0.3 is 5.73 Å². The van der Waals surface area contributed by atoms with E-state index >= 15 is 0 Å². The van der Waals surface area contributed by atoms with Crippen LogP contribution in [0.3, 0.4) is 0 Å². The van der Waals surface area contributed by atoms with Crippen molar-refractivity contribution >= 4 is 17.9 Å². The highest BCUT2D eigenvalue weighted by Gasteiger charge is 2.22. The second kappa shape index (κ2) is 5.67. The first kappa shape index (κ1) is 13.3. The Labute approximate surface area is 111 Å². The molecule has 0 spiro atoms. The van der Waals surface area contributed by atoms with Gasteiger partial charge in [-0.2, -0.15) is 0 Å². The first-order valence-corrected chi connectivity index (χ1v) is 6.18. The second-order valence-electron chi connectivity index (χ2n) is 4.75. The Morgan fingerprint density at radius 1 is 1.37 bits per heavy atom. The lowest BCUT2D eigenvalue weighted by Crippen LogP contribution is -2.52. The van der Waals surface area contributed by atoms with Gasteiger partial charge in [0, 0.05) is 18.0 Å². The fraction of sp³-hybridized carbons (Fsp3) is 0.286. The minimum absolute atomic E-state index is 0.0166. The highest BCUT2D eigenvalue weighted by Crippen LogP contribution is 2.14. The summed E-state index contributed by atoms with van der Waals surface area (Å²) in [6.07, 6.45) is 4.47. The summed E-state index contributed by atoms with van der Waals surface area (Å²) in [6.45, 7) is 2.02. The first-order valence-electron chi connectivity index (χ1n) is 6.18. The van der Waals surface area contributed by atoms with Gasteiger partial charge in [0.2, 0.25) is 11.8 Å². The molecule has 0 radical (unpaired) electrons.